The van der Waals surface area contributed by atoms with Crippen LogP contribution >= 0.6 is 0 Å². The fourth-order valence-corrected chi connectivity index (χ4v) is 13.1. The molecule has 1 aromatic carbocycles. The van der Waals surface area contributed by atoms with Gasteiger partial charge in [-0.05, 0) is 145 Å². The molecule has 5 aliphatic carbocycles. The van der Waals surface area contributed by atoms with E-state index in [9.17, 15) is 19.5 Å². The Morgan fingerprint density at radius 3 is 2.19 bits per heavy atom. The number of carbonyl (C=O) groups excluding carboxylic acids is 1. The molecule has 0 unspecified atom stereocenters. The van der Waals surface area contributed by atoms with E-state index in [1.54, 1.807) is 12.1 Å². The maximum absolute atomic E-state index is 12.7. The summed E-state index contributed by atoms with van der Waals surface area (Å²) in [6.07, 6.45) is 12.9. The van der Waals surface area contributed by atoms with Gasteiger partial charge in [-0.1, -0.05) is 65.0 Å². The Hall–Kier alpha value is -2.89. The van der Waals surface area contributed by atoms with Gasteiger partial charge in [0.25, 0.3) is 0 Å². The number of aliphatic carboxylic acids is 1. The number of hydrogen-bond acceptors (Lipinski definition) is 3. The highest BCUT2D eigenvalue weighted by Gasteiger charge is 2.70. The van der Waals surface area contributed by atoms with Crippen LogP contribution in [0.4, 0.5) is 0 Å². The standard InChI is InChI=1S/C41H57NO5/c1-25(2)28-16-21-41(24-42-33(43)14-15-34(44)45)23-22-39(6)30(35(28)41)12-13-32-38(5)19-17-29(26-8-10-27(11-9-26)36(46)47)37(3,4)31(38)18-20-40(32,39)7/h8-11,17,28,30-32,35H,1,12-16,18-24H2,2-7H3,(H,42,43)(H,44,45)(H,46,47)/t28-,30+,31-,32+,35+,38-,39+,40+,41+/m0/s1. The fraction of sp³-hybridized carbons (Fsp3) is 0.683. The highest BCUT2D eigenvalue weighted by molar-refractivity contribution is 5.88. The Labute approximate surface area is 281 Å². The second kappa shape index (κ2) is 11.6. The zero-order chi connectivity index (χ0) is 34.2. The van der Waals surface area contributed by atoms with E-state index in [0.29, 0.717) is 41.7 Å². The summed E-state index contributed by atoms with van der Waals surface area (Å²) in [6, 6.07) is 7.49. The zero-order valence-corrected chi connectivity index (χ0v) is 29.6. The first-order valence-electron chi connectivity index (χ1n) is 18.2. The van der Waals surface area contributed by atoms with Crippen LogP contribution in [0.5, 0.6) is 0 Å². The molecule has 4 saturated carbocycles. The minimum atomic E-state index is -0.927. The Morgan fingerprint density at radius 2 is 1.55 bits per heavy atom. The number of allylic oxidation sites excluding steroid dienone is 3. The molecule has 4 fully saturated rings. The lowest BCUT2D eigenvalue weighted by atomic mass is 9.32. The Morgan fingerprint density at radius 1 is 0.851 bits per heavy atom. The molecule has 0 saturated heterocycles. The van der Waals surface area contributed by atoms with E-state index in [2.05, 4.69) is 59.5 Å². The van der Waals surface area contributed by atoms with Crippen LogP contribution in [-0.2, 0) is 9.59 Å². The number of carboxylic acid groups (broad SMARTS) is 2. The summed E-state index contributed by atoms with van der Waals surface area (Å²) in [7, 11) is 0. The third-order valence-electron chi connectivity index (χ3n) is 15.5. The summed E-state index contributed by atoms with van der Waals surface area (Å²) in [6.45, 7) is 20.1. The van der Waals surface area contributed by atoms with E-state index >= 15 is 0 Å². The van der Waals surface area contributed by atoms with Crippen molar-refractivity contribution < 1.29 is 24.6 Å². The smallest absolute Gasteiger partial charge is 0.335 e. The van der Waals surface area contributed by atoms with Gasteiger partial charge >= 0.3 is 11.9 Å². The van der Waals surface area contributed by atoms with Gasteiger partial charge in [0, 0.05) is 13.0 Å². The molecule has 5 aliphatic rings. The van der Waals surface area contributed by atoms with Gasteiger partial charge < -0.3 is 15.5 Å². The van der Waals surface area contributed by atoms with E-state index in [0.717, 1.165) is 31.2 Å². The average molecular weight is 644 g/mol. The van der Waals surface area contributed by atoms with Crippen LogP contribution in [0, 0.1) is 56.7 Å². The summed E-state index contributed by atoms with van der Waals surface area (Å²) >= 11 is 0. The van der Waals surface area contributed by atoms with E-state index in [1.807, 2.05) is 12.1 Å². The van der Waals surface area contributed by atoms with Crippen LogP contribution in [-0.4, -0.2) is 34.6 Å². The van der Waals surface area contributed by atoms with Crippen LogP contribution in [0.2, 0.25) is 0 Å². The monoisotopic (exact) mass is 643 g/mol. The number of rotatable bonds is 8. The second-order valence-electron chi connectivity index (χ2n) is 17.6. The van der Waals surface area contributed by atoms with Crippen molar-refractivity contribution in [2.24, 2.45) is 56.7 Å². The Bertz CT molecular complexity index is 1490. The first-order chi connectivity index (χ1) is 22.0. The van der Waals surface area contributed by atoms with Crippen LogP contribution in [0.25, 0.3) is 5.57 Å². The summed E-state index contributed by atoms with van der Waals surface area (Å²) in [5.74, 6) is 0.750. The van der Waals surface area contributed by atoms with Crippen molar-refractivity contribution in [3.8, 4) is 0 Å². The van der Waals surface area contributed by atoms with Crippen molar-refractivity contribution in [1.82, 2.24) is 5.32 Å². The Balaban J connectivity index is 1.30. The largest absolute Gasteiger partial charge is 0.481 e. The lowest BCUT2D eigenvalue weighted by Gasteiger charge is -2.72. The molecule has 0 heterocycles. The minimum absolute atomic E-state index is 0.0200. The van der Waals surface area contributed by atoms with Crippen LogP contribution in [0.1, 0.15) is 128 Å². The van der Waals surface area contributed by atoms with Gasteiger partial charge in [0.2, 0.25) is 5.91 Å². The summed E-state index contributed by atoms with van der Waals surface area (Å²) in [5, 5.41) is 21.8. The number of benzene rings is 1. The van der Waals surface area contributed by atoms with Crippen molar-refractivity contribution >= 4 is 23.4 Å². The number of fused-ring (bicyclic) bond motifs is 7. The molecule has 6 rings (SSSR count). The molecule has 0 radical (unpaired) electrons. The average Bonchev–Trinajstić information content (AvgIpc) is 3.39. The lowest BCUT2D eigenvalue weighted by molar-refractivity contribution is -0.225. The maximum atomic E-state index is 12.7. The predicted octanol–water partition coefficient (Wildman–Crippen LogP) is 9.02. The highest BCUT2D eigenvalue weighted by atomic mass is 16.4. The molecule has 9 atom stereocenters. The third-order valence-corrected chi connectivity index (χ3v) is 15.5. The molecule has 1 aromatic rings. The summed E-state index contributed by atoms with van der Waals surface area (Å²) in [4.78, 5) is 35.3. The number of carboxylic acids is 2. The molecule has 6 heteroatoms. The number of hydrogen-bond donors (Lipinski definition) is 3. The number of amides is 1. The number of aromatic carboxylic acids is 1. The van der Waals surface area contributed by atoms with E-state index < -0.39 is 11.9 Å². The van der Waals surface area contributed by atoms with Gasteiger partial charge in [-0.15, -0.1) is 0 Å². The van der Waals surface area contributed by atoms with Gasteiger partial charge in [-0.2, -0.15) is 0 Å². The predicted molar refractivity (Wildman–Crippen MR) is 186 cm³/mol. The topological polar surface area (TPSA) is 104 Å². The second-order valence-corrected chi connectivity index (χ2v) is 17.6. The van der Waals surface area contributed by atoms with Gasteiger partial charge in [-0.3, -0.25) is 9.59 Å². The molecule has 0 aromatic heterocycles. The van der Waals surface area contributed by atoms with Gasteiger partial charge in [0.1, 0.15) is 0 Å². The maximum Gasteiger partial charge on any atom is 0.335 e. The van der Waals surface area contributed by atoms with E-state index in [-0.39, 0.29) is 45.8 Å². The fourth-order valence-electron chi connectivity index (χ4n) is 13.1. The SMILES string of the molecule is C=C(C)[C@@H]1CC[C@]2(CNC(=O)CCC(=O)O)CC[C@]3(C)[C@H](CC[C@@H]4[C@@]5(C)CC=C(c6ccc(C(=O)O)cc6)C(C)(C)[C@@H]5CC[C@]43C)[C@@H]12. The van der Waals surface area contributed by atoms with Crippen molar-refractivity contribution in [2.75, 3.05) is 6.54 Å². The molecule has 6 nitrogen and oxygen atoms in total. The first-order valence-corrected chi connectivity index (χ1v) is 18.2. The van der Waals surface area contributed by atoms with Crippen LogP contribution < -0.4 is 5.32 Å². The molecular weight excluding hydrogens is 586 g/mol. The van der Waals surface area contributed by atoms with Gasteiger partial charge in [0.15, 0.2) is 0 Å². The van der Waals surface area contributed by atoms with E-state index in [1.165, 1.54) is 43.3 Å². The molecule has 3 N–H and O–H groups in total. The number of carbonyl (C=O) groups is 3. The third kappa shape index (κ3) is 5.14. The summed E-state index contributed by atoms with van der Waals surface area (Å²) in [5.41, 5.74) is 4.76. The van der Waals surface area contributed by atoms with Crippen molar-refractivity contribution in [2.45, 2.75) is 112 Å². The quantitative estimate of drug-likeness (QED) is 0.245. The molecule has 0 aliphatic heterocycles. The molecular formula is C41H57NO5. The van der Waals surface area contributed by atoms with Crippen LogP contribution in [0.3, 0.4) is 0 Å². The van der Waals surface area contributed by atoms with Gasteiger partial charge in [0.05, 0.1) is 12.0 Å². The normalized spacial score (nSPS) is 40.1. The molecule has 1 amide bonds. The number of nitrogens with one attached hydrogen (secondary N) is 1. The zero-order valence-electron chi connectivity index (χ0n) is 29.6. The van der Waals surface area contributed by atoms with Gasteiger partial charge in [-0.25, -0.2) is 4.79 Å². The highest BCUT2D eigenvalue weighted by Crippen LogP contribution is 2.77. The summed E-state index contributed by atoms with van der Waals surface area (Å²) < 4.78 is 0. The molecule has 256 valence electrons. The molecule has 0 bridgehead atoms. The Kier molecular flexibility index (Phi) is 8.40. The molecule has 0 spiro atoms. The minimum Gasteiger partial charge on any atom is -0.481 e. The van der Waals surface area contributed by atoms with Crippen molar-refractivity contribution in [3.63, 3.8) is 0 Å². The van der Waals surface area contributed by atoms with Crippen LogP contribution in [0.15, 0.2) is 42.5 Å². The van der Waals surface area contributed by atoms with E-state index in [4.69, 9.17) is 5.11 Å². The lowest BCUT2D eigenvalue weighted by Crippen LogP contribution is -2.66. The van der Waals surface area contributed by atoms with Crippen molar-refractivity contribution in [1.29, 1.82) is 0 Å². The molecule has 47 heavy (non-hydrogen) atoms. The first kappa shape index (κ1) is 34.0. The van der Waals surface area contributed by atoms with Crippen molar-refractivity contribution in [3.05, 3.63) is 53.6 Å².